The number of nitrogens with zero attached hydrogens (tertiary/aromatic N) is 1. The van der Waals surface area contributed by atoms with Gasteiger partial charge < -0.3 is 21.1 Å². The predicted octanol–water partition coefficient (Wildman–Crippen LogP) is 0.900. The number of esters is 1. The molecule has 0 spiro atoms. The zero-order valence-corrected chi connectivity index (χ0v) is 11.5. The number of ether oxygens (including phenoxy) is 1. The van der Waals surface area contributed by atoms with Crippen LogP contribution in [0.2, 0.25) is 0 Å². The highest BCUT2D eigenvalue weighted by atomic mass is 16.5. The second kappa shape index (κ2) is 5.81. The molecule has 2 rings (SSSR count). The van der Waals surface area contributed by atoms with Crippen LogP contribution < -0.4 is 16.4 Å². The summed E-state index contributed by atoms with van der Waals surface area (Å²) in [6, 6.07) is 4.53. The van der Waals surface area contributed by atoms with E-state index in [0.29, 0.717) is 29.9 Å². The van der Waals surface area contributed by atoms with Gasteiger partial charge in [0, 0.05) is 6.54 Å². The van der Waals surface area contributed by atoms with E-state index in [2.05, 4.69) is 0 Å². The SMILES string of the molecule is COC(=O)c1ccc(N)c(N2CCCCC2C(N)=O)c1. The zero-order chi connectivity index (χ0) is 14.7. The van der Waals surface area contributed by atoms with Crippen LogP contribution in [0.3, 0.4) is 0 Å². The smallest absolute Gasteiger partial charge is 0.337 e. The lowest BCUT2D eigenvalue weighted by molar-refractivity contribution is -0.119. The summed E-state index contributed by atoms with van der Waals surface area (Å²) in [5, 5.41) is 0. The van der Waals surface area contributed by atoms with Gasteiger partial charge in [-0.05, 0) is 37.5 Å². The Bertz CT molecular complexity index is 530. The molecular formula is C14H19N3O3. The van der Waals surface area contributed by atoms with Crippen LogP contribution in [0.25, 0.3) is 0 Å². The Morgan fingerprint density at radius 2 is 2.10 bits per heavy atom. The molecule has 1 atom stereocenters. The molecule has 1 saturated heterocycles. The Morgan fingerprint density at radius 3 is 2.75 bits per heavy atom. The first-order valence-electron chi connectivity index (χ1n) is 6.58. The summed E-state index contributed by atoms with van der Waals surface area (Å²) in [4.78, 5) is 25.1. The number of methoxy groups -OCH3 is 1. The van der Waals surface area contributed by atoms with Crippen LogP contribution in [-0.4, -0.2) is 31.6 Å². The summed E-state index contributed by atoms with van der Waals surface area (Å²) in [6.07, 6.45) is 2.63. The maximum absolute atomic E-state index is 11.6. The first-order valence-corrected chi connectivity index (χ1v) is 6.58. The molecule has 1 unspecified atom stereocenters. The fourth-order valence-corrected chi connectivity index (χ4v) is 2.55. The van der Waals surface area contributed by atoms with E-state index < -0.39 is 5.97 Å². The molecular weight excluding hydrogens is 258 g/mol. The molecule has 4 N–H and O–H groups in total. The highest BCUT2D eigenvalue weighted by Crippen LogP contribution is 2.30. The van der Waals surface area contributed by atoms with Crippen LogP contribution in [0, 0.1) is 0 Å². The number of rotatable bonds is 3. The average Bonchev–Trinajstić information content (AvgIpc) is 2.47. The number of benzene rings is 1. The molecule has 6 nitrogen and oxygen atoms in total. The molecule has 1 heterocycles. The Morgan fingerprint density at radius 1 is 1.35 bits per heavy atom. The third kappa shape index (κ3) is 2.68. The van der Waals surface area contributed by atoms with Gasteiger partial charge in [-0.15, -0.1) is 0 Å². The molecule has 1 aliphatic heterocycles. The van der Waals surface area contributed by atoms with Gasteiger partial charge in [-0.25, -0.2) is 4.79 Å². The molecule has 20 heavy (non-hydrogen) atoms. The van der Waals surface area contributed by atoms with Crippen molar-refractivity contribution in [1.82, 2.24) is 0 Å². The summed E-state index contributed by atoms with van der Waals surface area (Å²) in [7, 11) is 1.32. The van der Waals surface area contributed by atoms with Crippen molar-refractivity contribution < 1.29 is 14.3 Å². The van der Waals surface area contributed by atoms with Gasteiger partial charge in [0.15, 0.2) is 0 Å². The van der Waals surface area contributed by atoms with Crippen molar-refractivity contribution in [2.75, 3.05) is 24.3 Å². The van der Waals surface area contributed by atoms with E-state index >= 15 is 0 Å². The van der Waals surface area contributed by atoms with Gasteiger partial charge in [0.1, 0.15) is 6.04 Å². The van der Waals surface area contributed by atoms with Crippen LogP contribution >= 0.6 is 0 Å². The quantitative estimate of drug-likeness (QED) is 0.631. The van der Waals surface area contributed by atoms with Crippen LogP contribution in [0.4, 0.5) is 11.4 Å². The van der Waals surface area contributed by atoms with E-state index in [1.54, 1.807) is 18.2 Å². The van der Waals surface area contributed by atoms with Gasteiger partial charge in [-0.3, -0.25) is 4.79 Å². The van der Waals surface area contributed by atoms with E-state index in [-0.39, 0.29) is 11.9 Å². The molecule has 0 aromatic heterocycles. The van der Waals surface area contributed by atoms with Gasteiger partial charge in [0.05, 0.1) is 24.0 Å². The summed E-state index contributed by atoms with van der Waals surface area (Å²) in [5.74, 6) is -0.800. The number of anilines is 2. The second-order valence-corrected chi connectivity index (χ2v) is 4.87. The van der Waals surface area contributed by atoms with E-state index in [0.717, 1.165) is 12.8 Å². The van der Waals surface area contributed by atoms with Crippen molar-refractivity contribution in [3.05, 3.63) is 23.8 Å². The minimum atomic E-state index is -0.432. The molecule has 1 fully saturated rings. The standard InChI is InChI=1S/C14H19N3O3/c1-20-14(19)9-5-6-10(15)12(8-9)17-7-3-2-4-11(17)13(16)18/h5-6,8,11H,2-4,7,15H2,1H3,(H2,16,18). The molecule has 1 aliphatic rings. The summed E-state index contributed by atoms with van der Waals surface area (Å²) >= 11 is 0. The number of nitrogen functional groups attached to an aromatic ring is 1. The van der Waals surface area contributed by atoms with Gasteiger partial charge in [-0.1, -0.05) is 0 Å². The van der Waals surface area contributed by atoms with Gasteiger partial charge in [0.25, 0.3) is 0 Å². The van der Waals surface area contributed by atoms with Crippen molar-refractivity contribution >= 4 is 23.3 Å². The number of carbonyl (C=O) groups is 2. The normalized spacial score (nSPS) is 18.6. The molecule has 0 aliphatic carbocycles. The summed E-state index contributed by atoms with van der Waals surface area (Å²) < 4.78 is 4.70. The fraction of sp³-hybridized carbons (Fsp3) is 0.429. The van der Waals surface area contributed by atoms with Crippen LogP contribution in [0.15, 0.2) is 18.2 Å². The molecule has 0 bridgehead atoms. The summed E-state index contributed by atoms with van der Waals surface area (Å²) in [5.41, 5.74) is 13.0. The van der Waals surface area contributed by atoms with Crippen molar-refractivity contribution in [2.45, 2.75) is 25.3 Å². The highest BCUT2D eigenvalue weighted by Gasteiger charge is 2.28. The second-order valence-electron chi connectivity index (χ2n) is 4.87. The highest BCUT2D eigenvalue weighted by molar-refractivity contribution is 5.93. The topological polar surface area (TPSA) is 98.7 Å². The Balaban J connectivity index is 2.39. The van der Waals surface area contributed by atoms with Crippen LogP contribution in [-0.2, 0) is 9.53 Å². The van der Waals surface area contributed by atoms with E-state index in [4.69, 9.17) is 16.2 Å². The molecule has 0 saturated carbocycles. The number of carbonyl (C=O) groups excluding carboxylic acids is 2. The lowest BCUT2D eigenvalue weighted by Gasteiger charge is -2.36. The minimum absolute atomic E-state index is 0.368. The first kappa shape index (κ1) is 14.2. The molecule has 1 amide bonds. The Kier molecular flexibility index (Phi) is 4.12. The average molecular weight is 277 g/mol. The molecule has 108 valence electrons. The van der Waals surface area contributed by atoms with E-state index in [9.17, 15) is 9.59 Å². The first-order chi connectivity index (χ1) is 9.54. The molecule has 0 radical (unpaired) electrons. The third-order valence-corrected chi connectivity index (χ3v) is 3.59. The number of amides is 1. The molecule has 6 heteroatoms. The largest absolute Gasteiger partial charge is 0.465 e. The van der Waals surface area contributed by atoms with Crippen molar-refractivity contribution in [3.63, 3.8) is 0 Å². The van der Waals surface area contributed by atoms with E-state index in [1.165, 1.54) is 7.11 Å². The van der Waals surface area contributed by atoms with Crippen LogP contribution in [0.1, 0.15) is 29.6 Å². The van der Waals surface area contributed by atoms with E-state index in [1.807, 2.05) is 4.90 Å². The number of piperidine rings is 1. The Labute approximate surface area is 117 Å². The predicted molar refractivity (Wildman–Crippen MR) is 76.4 cm³/mol. The van der Waals surface area contributed by atoms with Crippen LogP contribution in [0.5, 0.6) is 0 Å². The lowest BCUT2D eigenvalue weighted by Crippen LogP contribution is -2.48. The van der Waals surface area contributed by atoms with Crippen molar-refractivity contribution in [2.24, 2.45) is 5.73 Å². The Hall–Kier alpha value is -2.24. The van der Waals surface area contributed by atoms with Gasteiger partial charge in [0.2, 0.25) is 5.91 Å². The minimum Gasteiger partial charge on any atom is -0.465 e. The monoisotopic (exact) mass is 277 g/mol. The van der Waals surface area contributed by atoms with Crippen molar-refractivity contribution in [1.29, 1.82) is 0 Å². The van der Waals surface area contributed by atoms with Gasteiger partial charge >= 0.3 is 5.97 Å². The number of nitrogens with two attached hydrogens (primary N) is 2. The van der Waals surface area contributed by atoms with Crippen molar-refractivity contribution in [3.8, 4) is 0 Å². The lowest BCUT2D eigenvalue weighted by atomic mass is 9.99. The third-order valence-electron chi connectivity index (χ3n) is 3.59. The molecule has 1 aromatic carbocycles. The number of hydrogen-bond acceptors (Lipinski definition) is 5. The summed E-state index contributed by atoms with van der Waals surface area (Å²) in [6.45, 7) is 0.697. The fourth-order valence-electron chi connectivity index (χ4n) is 2.55. The van der Waals surface area contributed by atoms with Gasteiger partial charge in [-0.2, -0.15) is 0 Å². The number of primary amides is 1. The maximum atomic E-state index is 11.6. The zero-order valence-electron chi connectivity index (χ0n) is 11.5. The molecule has 1 aromatic rings. The number of hydrogen-bond donors (Lipinski definition) is 2. The maximum Gasteiger partial charge on any atom is 0.337 e.